The van der Waals surface area contributed by atoms with Gasteiger partial charge in [0.05, 0.1) is 27.3 Å². The van der Waals surface area contributed by atoms with E-state index in [9.17, 15) is 0 Å². The number of allylic oxidation sites excluding steroid dienone is 1. The van der Waals surface area contributed by atoms with Crippen LogP contribution in [-0.2, 0) is 15.9 Å². The summed E-state index contributed by atoms with van der Waals surface area (Å²) in [5.41, 5.74) is 2.77. The normalized spacial score (nSPS) is 17.2. The molecule has 0 aliphatic carbocycles. The first-order valence-corrected chi connectivity index (χ1v) is 11.6. The first-order valence-electron chi connectivity index (χ1n) is 11.6. The Kier molecular flexibility index (Phi) is 7.99. The van der Waals surface area contributed by atoms with Crippen LogP contribution in [0.3, 0.4) is 0 Å². The fraction of sp³-hybridized carbons (Fsp3) is 0.276. The van der Waals surface area contributed by atoms with E-state index < -0.39 is 5.60 Å². The molecule has 5 heteroatoms. The Bertz CT molecular complexity index is 1040. The van der Waals surface area contributed by atoms with Crippen LogP contribution < -0.4 is 9.64 Å². The summed E-state index contributed by atoms with van der Waals surface area (Å²) < 4.78 is 17.7. The van der Waals surface area contributed by atoms with Gasteiger partial charge in [-0.15, -0.1) is 0 Å². The molecule has 3 aromatic carbocycles. The van der Waals surface area contributed by atoms with Gasteiger partial charge in [0.1, 0.15) is 11.5 Å². The molecule has 0 bridgehead atoms. The molecule has 34 heavy (non-hydrogen) atoms. The van der Waals surface area contributed by atoms with Crippen molar-refractivity contribution < 1.29 is 14.2 Å². The summed E-state index contributed by atoms with van der Waals surface area (Å²) in [7, 11) is 3.39. The molecule has 5 nitrogen and oxygen atoms in total. The monoisotopic (exact) mass is 456 g/mol. The van der Waals surface area contributed by atoms with Gasteiger partial charge in [-0.1, -0.05) is 48.5 Å². The molecule has 1 unspecified atom stereocenters. The van der Waals surface area contributed by atoms with E-state index in [1.165, 1.54) is 5.56 Å². The van der Waals surface area contributed by atoms with E-state index in [1.807, 2.05) is 30.3 Å². The van der Waals surface area contributed by atoms with E-state index >= 15 is 0 Å². The fourth-order valence-corrected chi connectivity index (χ4v) is 4.23. The highest BCUT2D eigenvalue weighted by Gasteiger charge is 2.40. The number of aryl methyl sites for hydroxylation is 1. The number of anilines is 2. The molecule has 0 fully saturated rings. The van der Waals surface area contributed by atoms with E-state index in [0.29, 0.717) is 19.7 Å². The maximum Gasteiger partial charge on any atom is 0.162 e. The summed E-state index contributed by atoms with van der Waals surface area (Å²) >= 11 is 0. The highest BCUT2D eigenvalue weighted by atomic mass is 16.5. The number of dihydropyridines is 1. The van der Waals surface area contributed by atoms with Crippen molar-refractivity contribution >= 4 is 17.6 Å². The van der Waals surface area contributed by atoms with E-state index in [1.54, 1.807) is 20.4 Å². The molecule has 4 rings (SSSR count). The van der Waals surface area contributed by atoms with Crippen LogP contribution in [0.5, 0.6) is 5.75 Å². The van der Waals surface area contributed by atoms with Crippen LogP contribution in [0.15, 0.2) is 102 Å². The minimum atomic E-state index is -0.685. The molecule has 3 aromatic rings. The van der Waals surface area contributed by atoms with Gasteiger partial charge < -0.3 is 19.1 Å². The molecule has 1 aliphatic rings. The smallest absolute Gasteiger partial charge is 0.162 e. The second-order valence-corrected chi connectivity index (χ2v) is 8.28. The van der Waals surface area contributed by atoms with Gasteiger partial charge in [-0.25, -0.2) is 0 Å². The summed E-state index contributed by atoms with van der Waals surface area (Å²) in [5, 5.41) is 0. The average Bonchev–Trinajstić information content (AvgIpc) is 2.91. The Morgan fingerprint density at radius 2 is 1.47 bits per heavy atom. The van der Waals surface area contributed by atoms with Crippen LogP contribution in [0, 0.1) is 0 Å². The predicted octanol–water partition coefficient (Wildman–Crippen LogP) is 5.84. The van der Waals surface area contributed by atoms with Gasteiger partial charge in [0, 0.05) is 24.2 Å². The maximum atomic E-state index is 6.64. The summed E-state index contributed by atoms with van der Waals surface area (Å²) in [6, 6.07) is 29.0. The van der Waals surface area contributed by atoms with Crippen LogP contribution in [0.1, 0.15) is 12.0 Å². The zero-order valence-electron chi connectivity index (χ0n) is 19.9. The Balaban J connectivity index is 1.53. The summed E-state index contributed by atoms with van der Waals surface area (Å²) in [4.78, 5) is 6.85. The number of hydrogen-bond acceptors (Lipinski definition) is 5. The SMILES string of the molecule is COC1=CC=NCC1(CN(c1ccccc1)c1ccccc1)OCCCc1ccc(OC)cc1. The zero-order chi connectivity index (χ0) is 23.6. The molecular weight excluding hydrogens is 424 g/mol. The van der Waals surface area contributed by atoms with Gasteiger partial charge >= 0.3 is 0 Å². The lowest BCUT2D eigenvalue weighted by molar-refractivity contribution is -0.0387. The quantitative estimate of drug-likeness (QED) is 0.340. The number of benzene rings is 3. The highest BCUT2D eigenvalue weighted by molar-refractivity contribution is 5.74. The molecule has 0 spiro atoms. The van der Waals surface area contributed by atoms with Crippen LogP contribution in [0.4, 0.5) is 11.4 Å². The highest BCUT2D eigenvalue weighted by Crippen LogP contribution is 2.33. The van der Waals surface area contributed by atoms with Crippen molar-refractivity contribution in [1.82, 2.24) is 0 Å². The Morgan fingerprint density at radius 3 is 2.06 bits per heavy atom. The third kappa shape index (κ3) is 5.67. The molecular formula is C29H32N2O3. The molecule has 1 atom stereocenters. The number of ether oxygens (including phenoxy) is 3. The van der Waals surface area contributed by atoms with Crippen LogP contribution >= 0.6 is 0 Å². The first-order chi connectivity index (χ1) is 16.7. The van der Waals surface area contributed by atoms with Crippen molar-refractivity contribution in [2.45, 2.75) is 18.4 Å². The zero-order valence-corrected chi connectivity index (χ0v) is 19.9. The van der Waals surface area contributed by atoms with Crippen molar-refractivity contribution in [2.75, 3.05) is 38.8 Å². The van der Waals surface area contributed by atoms with Crippen molar-refractivity contribution in [3.63, 3.8) is 0 Å². The van der Waals surface area contributed by atoms with Gasteiger partial charge in [-0.2, -0.15) is 0 Å². The number of nitrogens with zero attached hydrogens (tertiary/aromatic N) is 2. The fourth-order valence-electron chi connectivity index (χ4n) is 4.23. The molecule has 0 N–H and O–H groups in total. The van der Waals surface area contributed by atoms with Gasteiger partial charge in [0.2, 0.25) is 0 Å². The maximum absolute atomic E-state index is 6.64. The number of methoxy groups -OCH3 is 2. The standard InChI is InChI=1S/C29H32N2O3/c1-32-27-17-15-24(16-18-27)10-9-21-34-29(22-30-20-19-28(29)33-2)23-31(25-11-5-3-6-12-25)26-13-7-4-8-14-26/h3-8,11-20H,9-10,21-23H2,1-2H3. The van der Waals surface area contributed by atoms with Crippen molar-refractivity contribution in [3.05, 3.63) is 102 Å². The number of para-hydroxylation sites is 2. The second kappa shape index (κ2) is 11.5. The number of hydrogen-bond donors (Lipinski definition) is 0. The Morgan fingerprint density at radius 1 is 0.824 bits per heavy atom. The summed E-state index contributed by atoms with van der Waals surface area (Å²) in [6.45, 7) is 1.69. The third-order valence-corrected chi connectivity index (χ3v) is 6.04. The Labute approximate surface area is 202 Å². The topological polar surface area (TPSA) is 43.3 Å². The molecule has 0 amide bonds. The summed E-state index contributed by atoms with van der Waals surface area (Å²) in [6.07, 6.45) is 5.54. The van der Waals surface area contributed by atoms with E-state index in [4.69, 9.17) is 14.2 Å². The van der Waals surface area contributed by atoms with E-state index in [-0.39, 0.29) is 0 Å². The predicted molar refractivity (Wildman–Crippen MR) is 138 cm³/mol. The Hall–Kier alpha value is -3.57. The lowest BCUT2D eigenvalue weighted by Gasteiger charge is -2.40. The van der Waals surface area contributed by atoms with E-state index in [0.717, 1.165) is 35.7 Å². The molecule has 0 radical (unpaired) electrons. The van der Waals surface area contributed by atoms with Crippen LogP contribution in [0.25, 0.3) is 0 Å². The van der Waals surface area contributed by atoms with Gasteiger partial charge in [-0.05, 0) is 60.9 Å². The van der Waals surface area contributed by atoms with Gasteiger partial charge in [0.25, 0.3) is 0 Å². The second-order valence-electron chi connectivity index (χ2n) is 8.28. The van der Waals surface area contributed by atoms with Crippen molar-refractivity contribution in [3.8, 4) is 5.75 Å². The molecule has 176 valence electrons. The first kappa shape index (κ1) is 23.6. The lowest BCUT2D eigenvalue weighted by Crippen LogP contribution is -2.49. The van der Waals surface area contributed by atoms with Gasteiger partial charge in [-0.3, -0.25) is 4.99 Å². The largest absolute Gasteiger partial charge is 0.498 e. The van der Waals surface area contributed by atoms with E-state index in [2.05, 4.69) is 70.6 Å². The minimum Gasteiger partial charge on any atom is -0.498 e. The van der Waals surface area contributed by atoms with Crippen LogP contribution in [0.2, 0.25) is 0 Å². The summed E-state index contributed by atoms with van der Waals surface area (Å²) in [5.74, 6) is 1.67. The number of rotatable bonds is 11. The van der Waals surface area contributed by atoms with Crippen LogP contribution in [-0.4, -0.2) is 45.7 Å². The molecule has 0 saturated carbocycles. The van der Waals surface area contributed by atoms with Gasteiger partial charge in [0.15, 0.2) is 5.60 Å². The molecule has 0 aromatic heterocycles. The molecule has 1 aliphatic heterocycles. The molecule has 1 heterocycles. The number of aliphatic imine (C=N–C) groups is 1. The van der Waals surface area contributed by atoms with Crippen molar-refractivity contribution in [2.24, 2.45) is 4.99 Å². The van der Waals surface area contributed by atoms with Crippen molar-refractivity contribution in [1.29, 1.82) is 0 Å². The third-order valence-electron chi connectivity index (χ3n) is 6.04. The lowest BCUT2D eigenvalue weighted by atomic mass is 9.96. The minimum absolute atomic E-state index is 0.505. The molecule has 0 saturated heterocycles. The average molecular weight is 457 g/mol.